The molecule has 9 heteroatoms. The van der Waals surface area contributed by atoms with Crippen molar-refractivity contribution in [2.45, 2.75) is 26.3 Å². The Kier molecular flexibility index (Phi) is 8.92. The summed E-state index contributed by atoms with van der Waals surface area (Å²) in [5, 5.41) is 3.36. The van der Waals surface area contributed by atoms with E-state index in [-0.39, 0.29) is 29.9 Å². The lowest BCUT2D eigenvalue weighted by atomic mass is 10.1. The molecule has 2 saturated heterocycles. The molecule has 2 aromatic rings. The summed E-state index contributed by atoms with van der Waals surface area (Å²) in [6, 6.07) is 8.21. The second-order valence-electron chi connectivity index (χ2n) is 8.24. The van der Waals surface area contributed by atoms with Crippen molar-refractivity contribution in [3.05, 3.63) is 41.9 Å². The van der Waals surface area contributed by atoms with Crippen molar-refractivity contribution in [2.24, 2.45) is 4.99 Å². The molecule has 3 heterocycles. The minimum absolute atomic E-state index is 0. The number of halogens is 1. The van der Waals surface area contributed by atoms with Crippen LogP contribution < -0.4 is 5.32 Å². The van der Waals surface area contributed by atoms with Gasteiger partial charge in [-0.05, 0) is 19.8 Å². The number of guanidine groups is 1. The zero-order valence-corrected chi connectivity index (χ0v) is 21.2. The zero-order chi connectivity index (χ0) is 21.6. The Morgan fingerprint density at radius 3 is 2.41 bits per heavy atom. The predicted molar refractivity (Wildman–Crippen MR) is 136 cm³/mol. The van der Waals surface area contributed by atoms with E-state index in [2.05, 4.69) is 44.1 Å². The molecule has 1 N–H and O–H groups in total. The number of piperazine rings is 1. The highest BCUT2D eigenvalue weighted by Gasteiger charge is 2.24. The maximum Gasteiger partial charge on any atom is 0.236 e. The first-order valence-electron chi connectivity index (χ1n) is 11.1. The largest absolute Gasteiger partial charge is 0.439 e. The first-order chi connectivity index (χ1) is 15.1. The Balaban J connectivity index is 0.00000289. The highest BCUT2D eigenvalue weighted by Crippen LogP contribution is 2.20. The van der Waals surface area contributed by atoms with Crippen LogP contribution >= 0.6 is 24.0 Å². The van der Waals surface area contributed by atoms with Crippen LogP contribution in [0.25, 0.3) is 11.3 Å². The molecule has 1 amide bonds. The number of benzene rings is 1. The fourth-order valence-electron chi connectivity index (χ4n) is 4.11. The highest BCUT2D eigenvalue weighted by atomic mass is 127. The minimum Gasteiger partial charge on any atom is -0.439 e. The molecule has 0 unspecified atom stereocenters. The van der Waals surface area contributed by atoms with Gasteiger partial charge in [-0.25, -0.2) is 4.98 Å². The van der Waals surface area contributed by atoms with Gasteiger partial charge in [0.25, 0.3) is 0 Å². The lowest BCUT2D eigenvalue weighted by Crippen LogP contribution is -2.54. The minimum atomic E-state index is 0. The van der Waals surface area contributed by atoms with Gasteiger partial charge >= 0.3 is 0 Å². The van der Waals surface area contributed by atoms with Gasteiger partial charge in [-0.1, -0.05) is 29.8 Å². The zero-order valence-electron chi connectivity index (χ0n) is 18.9. The predicted octanol–water partition coefficient (Wildman–Crippen LogP) is 2.58. The third-order valence-corrected chi connectivity index (χ3v) is 5.99. The number of likely N-dealkylation sites (tertiary alicyclic amines) is 1. The molecule has 0 atom stereocenters. The van der Waals surface area contributed by atoms with Gasteiger partial charge in [0.15, 0.2) is 11.7 Å². The number of aryl methyl sites for hydroxylation is 1. The Morgan fingerprint density at radius 2 is 1.75 bits per heavy atom. The van der Waals surface area contributed by atoms with Gasteiger partial charge in [0, 0.05) is 51.9 Å². The molecule has 0 saturated carbocycles. The third-order valence-electron chi connectivity index (χ3n) is 5.99. The molecule has 32 heavy (non-hydrogen) atoms. The van der Waals surface area contributed by atoms with Crippen LogP contribution in [-0.2, 0) is 11.3 Å². The molecular weight excluding hydrogens is 519 g/mol. The van der Waals surface area contributed by atoms with Crippen molar-refractivity contribution in [1.29, 1.82) is 0 Å². The maximum absolute atomic E-state index is 12.4. The Labute approximate surface area is 207 Å². The van der Waals surface area contributed by atoms with E-state index >= 15 is 0 Å². The second kappa shape index (κ2) is 11.6. The standard InChI is InChI=1S/C23H32N6O2.HI/c1-18-5-7-19(8-6-18)20-15-25-21(31-20)16-26-23(24-2)29-13-11-27(12-14-29)17-22(30)28-9-3-4-10-28;/h5-8,15H,3-4,9-14,16-17H2,1-2H3,(H,24,26);1H. The number of oxazole rings is 1. The number of nitrogens with zero attached hydrogens (tertiary/aromatic N) is 5. The van der Waals surface area contributed by atoms with Gasteiger partial charge in [-0.15, -0.1) is 24.0 Å². The van der Waals surface area contributed by atoms with E-state index < -0.39 is 0 Å². The van der Waals surface area contributed by atoms with Gasteiger partial charge in [0.05, 0.1) is 19.3 Å². The smallest absolute Gasteiger partial charge is 0.236 e. The molecule has 2 aliphatic rings. The van der Waals surface area contributed by atoms with E-state index in [0.717, 1.165) is 69.4 Å². The lowest BCUT2D eigenvalue weighted by molar-refractivity contribution is -0.131. The van der Waals surface area contributed by atoms with Gasteiger partial charge < -0.3 is 19.5 Å². The summed E-state index contributed by atoms with van der Waals surface area (Å²) in [5.74, 6) is 2.50. The molecule has 2 fully saturated rings. The Hall–Kier alpha value is -2.14. The first-order valence-corrected chi connectivity index (χ1v) is 11.1. The van der Waals surface area contributed by atoms with E-state index in [4.69, 9.17) is 4.42 Å². The number of hydrogen-bond donors (Lipinski definition) is 1. The number of nitrogens with one attached hydrogen (secondary N) is 1. The monoisotopic (exact) mass is 552 g/mol. The lowest BCUT2D eigenvalue weighted by Gasteiger charge is -2.36. The molecule has 1 aromatic carbocycles. The average molecular weight is 552 g/mol. The molecule has 0 bridgehead atoms. The maximum atomic E-state index is 12.4. The number of aromatic nitrogens is 1. The quantitative estimate of drug-likeness (QED) is 0.349. The van der Waals surface area contributed by atoms with Crippen molar-refractivity contribution in [2.75, 3.05) is 52.9 Å². The van der Waals surface area contributed by atoms with Crippen LogP contribution in [0.15, 0.2) is 39.9 Å². The third kappa shape index (κ3) is 6.22. The summed E-state index contributed by atoms with van der Waals surface area (Å²) < 4.78 is 5.90. The Bertz CT molecular complexity index is 899. The first kappa shape index (κ1) is 24.5. The molecular formula is C23H33IN6O2. The van der Waals surface area contributed by atoms with E-state index in [1.807, 2.05) is 17.0 Å². The molecule has 8 nitrogen and oxygen atoms in total. The molecule has 174 valence electrons. The topological polar surface area (TPSA) is 77.2 Å². The van der Waals surface area contributed by atoms with Gasteiger partial charge in [0.2, 0.25) is 11.8 Å². The van der Waals surface area contributed by atoms with Crippen molar-refractivity contribution >= 4 is 35.8 Å². The normalized spacial score (nSPS) is 17.4. The molecule has 2 aliphatic heterocycles. The van der Waals surface area contributed by atoms with Gasteiger partial charge in [-0.2, -0.15) is 0 Å². The molecule has 0 aliphatic carbocycles. The second-order valence-corrected chi connectivity index (χ2v) is 8.24. The number of aliphatic imine (C=N–C) groups is 1. The number of rotatable bonds is 5. The van der Waals surface area contributed by atoms with E-state index in [9.17, 15) is 4.79 Å². The SMILES string of the molecule is CN=C(NCc1ncc(-c2ccc(C)cc2)o1)N1CCN(CC(=O)N2CCCC2)CC1.I. The summed E-state index contributed by atoms with van der Waals surface area (Å²) >= 11 is 0. The van der Waals surface area contributed by atoms with Crippen LogP contribution in [0.2, 0.25) is 0 Å². The molecule has 1 aromatic heterocycles. The highest BCUT2D eigenvalue weighted by molar-refractivity contribution is 14.0. The molecule has 0 spiro atoms. The van der Waals surface area contributed by atoms with E-state index in [0.29, 0.717) is 19.0 Å². The summed E-state index contributed by atoms with van der Waals surface area (Å²) in [5.41, 5.74) is 2.24. The van der Waals surface area contributed by atoms with Crippen molar-refractivity contribution < 1.29 is 9.21 Å². The average Bonchev–Trinajstić information content (AvgIpc) is 3.48. The number of amides is 1. The van der Waals surface area contributed by atoms with Crippen LogP contribution in [-0.4, -0.2) is 84.4 Å². The van der Waals surface area contributed by atoms with Crippen LogP contribution in [0.5, 0.6) is 0 Å². The Morgan fingerprint density at radius 1 is 1.06 bits per heavy atom. The van der Waals surface area contributed by atoms with E-state index in [1.165, 1.54) is 5.56 Å². The summed E-state index contributed by atoms with van der Waals surface area (Å²) in [4.78, 5) is 27.7. The van der Waals surface area contributed by atoms with Crippen LogP contribution in [0, 0.1) is 6.92 Å². The van der Waals surface area contributed by atoms with Gasteiger partial charge in [-0.3, -0.25) is 14.7 Å². The summed E-state index contributed by atoms with van der Waals surface area (Å²) in [6.07, 6.45) is 4.04. The molecule has 4 rings (SSSR count). The number of carbonyl (C=O) groups excluding carboxylic acids is 1. The van der Waals surface area contributed by atoms with Crippen LogP contribution in [0.1, 0.15) is 24.3 Å². The number of carbonyl (C=O) groups is 1. The van der Waals surface area contributed by atoms with Gasteiger partial charge in [0.1, 0.15) is 0 Å². The van der Waals surface area contributed by atoms with Crippen LogP contribution in [0.4, 0.5) is 0 Å². The van der Waals surface area contributed by atoms with Crippen molar-refractivity contribution in [3.8, 4) is 11.3 Å². The fraction of sp³-hybridized carbons (Fsp3) is 0.522. The van der Waals surface area contributed by atoms with Crippen LogP contribution in [0.3, 0.4) is 0 Å². The van der Waals surface area contributed by atoms with Crippen molar-refractivity contribution in [1.82, 2.24) is 25.0 Å². The van der Waals surface area contributed by atoms with E-state index in [1.54, 1.807) is 13.2 Å². The number of hydrogen-bond acceptors (Lipinski definition) is 5. The fourth-order valence-corrected chi connectivity index (χ4v) is 4.11. The summed E-state index contributed by atoms with van der Waals surface area (Å²) in [7, 11) is 1.79. The van der Waals surface area contributed by atoms with Crippen molar-refractivity contribution in [3.63, 3.8) is 0 Å². The molecule has 0 radical (unpaired) electrons. The summed E-state index contributed by atoms with van der Waals surface area (Å²) in [6.45, 7) is 8.30.